The van der Waals surface area contributed by atoms with Crippen LogP contribution >= 0.6 is 11.6 Å². The lowest BCUT2D eigenvalue weighted by Crippen LogP contribution is -2.27. The first-order valence-electron chi connectivity index (χ1n) is 9.41. The number of hydrogen-bond donors (Lipinski definition) is 2. The first kappa shape index (κ1) is 23.5. The molecule has 170 valence electrons. The van der Waals surface area contributed by atoms with E-state index in [0.717, 1.165) is 12.8 Å². The number of ether oxygens (including phenoxy) is 1. The van der Waals surface area contributed by atoms with Crippen LogP contribution in [0.5, 0.6) is 5.88 Å². The van der Waals surface area contributed by atoms with Gasteiger partial charge in [0.25, 0.3) is 5.91 Å². The van der Waals surface area contributed by atoms with E-state index in [1.165, 1.54) is 6.07 Å². The van der Waals surface area contributed by atoms with Crippen LogP contribution in [0.2, 0.25) is 5.02 Å². The van der Waals surface area contributed by atoms with Gasteiger partial charge >= 0.3 is 6.18 Å². The Morgan fingerprint density at radius 1 is 1.28 bits per heavy atom. The fourth-order valence-electron chi connectivity index (χ4n) is 2.60. The molecule has 12 heteroatoms. The van der Waals surface area contributed by atoms with E-state index >= 15 is 0 Å². The summed E-state index contributed by atoms with van der Waals surface area (Å²) in [6.07, 6.45) is -2.73. The van der Waals surface area contributed by atoms with Gasteiger partial charge in [-0.3, -0.25) is 4.79 Å². The second-order valence-corrected chi connectivity index (χ2v) is 7.39. The average Bonchev–Trinajstić information content (AvgIpc) is 3.59. The third-order valence-electron chi connectivity index (χ3n) is 4.29. The summed E-state index contributed by atoms with van der Waals surface area (Å²) in [4.78, 5) is 21.4. The quantitative estimate of drug-likeness (QED) is 0.346. The van der Waals surface area contributed by atoms with Crippen LogP contribution in [0, 0.1) is 5.92 Å². The normalized spacial score (nSPS) is 14.1. The number of aromatic nitrogens is 2. The van der Waals surface area contributed by atoms with Crippen molar-refractivity contribution in [2.24, 2.45) is 16.8 Å². The van der Waals surface area contributed by atoms with Gasteiger partial charge in [0.2, 0.25) is 11.8 Å². The standard InChI is InChI=1S/C20H19ClF3N5O3/c1-11(27-18(32-25)13-2-3-13)9-26-17(30)16-8-15(12-4-6-14(21)7-5-12)19(29-28-16)31-10-20(22,23)24/h4-8,13H,1-3,9-10,25H2,(H,26,30). The van der Waals surface area contributed by atoms with Crippen LogP contribution < -0.4 is 16.0 Å². The number of nitrogens with one attached hydrogen (secondary N) is 1. The van der Waals surface area contributed by atoms with Crippen molar-refractivity contribution < 1.29 is 27.5 Å². The summed E-state index contributed by atoms with van der Waals surface area (Å²) >= 11 is 5.87. The minimum absolute atomic E-state index is 0.0251. The third-order valence-corrected chi connectivity index (χ3v) is 4.54. The lowest BCUT2D eigenvalue weighted by Gasteiger charge is -2.13. The average molecular weight is 470 g/mol. The van der Waals surface area contributed by atoms with Crippen molar-refractivity contribution in [3.05, 3.63) is 53.3 Å². The predicted octanol–water partition coefficient (Wildman–Crippen LogP) is 3.68. The van der Waals surface area contributed by atoms with Gasteiger partial charge in [-0.15, -0.1) is 10.2 Å². The molecule has 1 heterocycles. The Bertz CT molecular complexity index is 1020. The van der Waals surface area contributed by atoms with Crippen molar-refractivity contribution in [3.8, 4) is 17.0 Å². The lowest BCUT2D eigenvalue weighted by atomic mass is 10.1. The van der Waals surface area contributed by atoms with Crippen molar-refractivity contribution in [2.75, 3.05) is 13.2 Å². The van der Waals surface area contributed by atoms with E-state index in [1.54, 1.807) is 24.3 Å². The molecule has 1 aliphatic carbocycles. The van der Waals surface area contributed by atoms with Gasteiger partial charge < -0.3 is 14.9 Å². The van der Waals surface area contributed by atoms with E-state index in [9.17, 15) is 18.0 Å². The van der Waals surface area contributed by atoms with Crippen LogP contribution in [0.3, 0.4) is 0 Å². The number of amides is 1. The highest BCUT2D eigenvalue weighted by Crippen LogP contribution is 2.31. The largest absolute Gasteiger partial charge is 0.467 e. The van der Waals surface area contributed by atoms with Gasteiger partial charge in [-0.2, -0.15) is 19.1 Å². The Balaban J connectivity index is 1.77. The molecule has 1 fully saturated rings. The van der Waals surface area contributed by atoms with Crippen molar-refractivity contribution in [3.63, 3.8) is 0 Å². The molecule has 0 saturated heterocycles. The number of benzene rings is 1. The van der Waals surface area contributed by atoms with Gasteiger partial charge in [-0.05, 0) is 36.6 Å². The molecule has 1 saturated carbocycles. The summed E-state index contributed by atoms with van der Waals surface area (Å²) in [5.74, 6) is 4.69. The van der Waals surface area contributed by atoms with E-state index < -0.39 is 18.7 Å². The van der Waals surface area contributed by atoms with E-state index in [0.29, 0.717) is 22.2 Å². The van der Waals surface area contributed by atoms with Crippen LogP contribution in [-0.4, -0.2) is 41.3 Å². The zero-order valence-electron chi connectivity index (χ0n) is 16.7. The molecule has 0 unspecified atom stereocenters. The molecule has 3 rings (SSSR count). The fourth-order valence-corrected chi connectivity index (χ4v) is 2.72. The number of nitrogens with zero attached hydrogens (tertiary/aromatic N) is 3. The zero-order chi connectivity index (χ0) is 23.3. The first-order chi connectivity index (χ1) is 15.2. The number of rotatable bonds is 8. The Hall–Kier alpha value is -3.18. The zero-order valence-corrected chi connectivity index (χ0v) is 17.4. The Morgan fingerprint density at radius 2 is 1.97 bits per heavy atom. The topological polar surface area (TPSA) is 112 Å². The molecule has 0 aliphatic heterocycles. The summed E-state index contributed by atoms with van der Waals surface area (Å²) in [6.45, 7) is 2.16. The molecule has 0 atom stereocenters. The Morgan fingerprint density at radius 3 is 2.56 bits per heavy atom. The van der Waals surface area contributed by atoms with E-state index in [1.807, 2.05) is 0 Å². The molecular weight excluding hydrogens is 451 g/mol. The molecule has 1 amide bonds. The molecule has 3 N–H and O–H groups in total. The smallest absolute Gasteiger partial charge is 0.422 e. The van der Waals surface area contributed by atoms with Crippen molar-refractivity contribution >= 4 is 23.4 Å². The van der Waals surface area contributed by atoms with Crippen LogP contribution in [0.4, 0.5) is 13.2 Å². The third kappa shape index (κ3) is 6.66. The molecule has 0 radical (unpaired) electrons. The number of aliphatic imine (C=N–C) groups is 1. The van der Waals surface area contributed by atoms with Crippen molar-refractivity contribution in [1.29, 1.82) is 0 Å². The summed E-state index contributed by atoms with van der Waals surface area (Å²) in [5, 5.41) is 10.3. The summed E-state index contributed by atoms with van der Waals surface area (Å²) < 4.78 is 42.6. The molecule has 0 bridgehead atoms. The highest BCUT2D eigenvalue weighted by atomic mass is 35.5. The molecule has 0 spiro atoms. The lowest BCUT2D eigenvalue weighted by molar-refractivity contribution is -0.154. The monoisotopic (exact) mass is 469 g/mol. The Kier molecular flexibility index (Phi) is 7.31. The second-order valence-electron chi connectivity index (χ2n) is 6.95. The molecule has 8 nitrogen and oxygen atoms in total. The molecule has 32 heavy (non-hydrogen) atoms. The minimum atomic E-state index is -4.57. The maximum atomic E-state index is 12.6. The van der Waals surface area contributed by atoms with E-state index in [4.69, 9.17) is 27.1 Å². The SMILES string of the molecule is C=C(CNC(=O)c1cc(-c2ccc(Cl)cc2)c(OCC(F)(F)F)nn1)N=C(ON)C1CC1. The number of carbonyl (C=O) groups is 1. The van der Waals surface area contributed by atoms with Gasteiger partial charge in [-0.1, -0.05) is 30.3 Å². The highest BCUT2D eigenvalue weighted by molar-refractivity contribution is 6.30. The summed E-state index contributed by atoms with van der Waals surface area (Å²) in [7, 11) is 0. The second kappa shape index (κ2) is 9.96. The summed E-state index contributed by atoms with van der Waals surface area (Å²) in [6, 6.07) is 7.49. The van der Waals surface area contributed by atoms with Gasteiger partial charge in [0.15, 0.2) is 12.3 Å². The van der Waals surface area contributed by atoms with Crippen LogP contribution in [0.25, 0.3) is 11.1 Å². The molecular formula is C20H19ClF3N5O3. The predicted molar refractivity (Wildman–Crippen MR) is 111 cm³/mol. The van der Waals surface area contributed by atoms with Gasteiger partial charge in [0.05, 0.1) is 12.2 Å². The van der Waals surface area contributed by atoms with Crippen LogP contribution in [0.1, 0.15) is 23.3 Å². The molecule has 1 aromatic carbocycles. The molecule has 2 aromatic rings. The van der Waals surface area contributed by atoms with E-state index in [2.05, 4.69) is 27.1 Å². The van der Waals surface area contributed by atoms with Crippen molar-refractivity contribution in [2.45, 2.75) is 19.0 Å². The van der Waals surface area contributed by atoms with E-state index in [-0.39, 0.29) is 29.6 Å². The van der Waals surface area contributed by atoms with Gasteiger partial charge in [-0.25, -0.2) is 4.99 Å². The number of hydrogen-bond acceptors (Lipinski definition) is 7. The first-order valence-corrected chi connectivity index (χ1v) is 9.78. The number of nitrogens with two attached hydrogens (primary N) is 1. The number of alkyl halides is 3. The minimum Gasteiger partial charge on any atom is -0.467 e. The fraction of sp³-hybridized carbons (Fsp3) is 0.300. The number of halogens is 4. The maximum absolute atomic E-state index is 12.6. The van der Waals surface area contributed by atoms with Crippen LogP contribution in [0.15, 0.2) is 47.6 Å². The van der Waals surface area contributed by atoms with Crippen molar-refractivity contribution in [1.82, 2.24) is 15.5 Å². The molecule has 1 aliphatic rings. The van der Waals surface area contributed by atoms with Crippen LogP contribution in [-0.2, 0) is 4.84 Å². The van der Waals surface area contributed by atoms with Gasteiger partial charge in [0, 0.05) is 16.5 Å². The Labute approximate surface area is 186 Å². The molecule has 1 aromatic heterocycles. The van der Waals surface area contributed by atoms with Gasteiger partial charge in [0.1, 0.15) is 0 Å². The number of carbonyl (C=O) groups excluding carboxylic acids is 1. The maximum Gasteiger partial charge on any atom is 0.422 e. The highest BCUT2D eigenvalue weighted by Gasteiger charge is 2.30. The summed E-state index contributed by atoms with van der Waals surface area (Å²) in [5.41, 5.74) is 0.763.